The summed E-state index contributed by atoms with van der Waals surface area (Å²) in [4.78, 5) is 9.48. The molecule has 0 aromatic carbocycles. The van der Waals surface area contributed by atoms with Crippen LogP contribution in [0.25, 0.3) is 0 Å². The van der Waals surface area contributed by atoms with Crippen LogP contribution < -0.4 is 5.73 Å². The highest BCUT2D eigenvalue weighted by molar-refractivity contribution is 7.86. The van der Waals surface area contributed by atoms with Crippen LogP contribution in [-0.4, -0.2) is 36.8 Å². The third-order valence-corrected chi connectivity index (χ3v) is 0.918. The van der Waals surface area contributed by atoms with Crippen molar-refractivity contribution in [1.29, 1.82) is 0 Å². The van der Waals surface area contributed by atoms with Crippen LogP contribution in [-0.2, 0) is 14.9 Å². The molecule has 62 valence electrons. The highest BCUT2D eigenvalue weighted by Gasteiger charge is 2.09. The van der Waals surface area contributed by atoms with Crippen LogP contribution in [0.4, 0.5) is 0 Å². The van der Waals surface area contributed by atoms with E-state index in [1.54, 1.807) is 0 Å². The Morgan fingerprint density at radius 2 is 1.80 bits per heavy atom. The zero-order valence-corrected chi connectivity index (χ0v) is 6.13. The van der Waals surface area contributed by atoms with E-state index in [1.165, 1.54) is 7.05 Å². The quantitative estimate of drug-likeness (QED) is 0.437. The molecule has 0 saturated heterocycles. The first-order valence-corrected chi connectivity index (χ1v) is 3.77. The maximum atomic E-state index is 9.62. The minimum atomic E-state index is -4.32. The van der Waals surface area contributed by atoms with E-state index in [9.17, 15) is 13.2 Å². The molecule has 0 aliphatic heterocycles. The van der Waals surface area contributed by atoms with E-state index in [1.807, 2.05) is 0 Å². The molecule has 0 radical (unpaired) electrons. The van der Waals surface area contributed by atoms with Crippen LogP contribution in [0.5, 0.6) is 0 Å². The molecule has 0 spiro atoms. The van der Waals surface area contributed by atoms with Gasteiger partial charge in [-0.1, -0.05) is 0 Å². The second-order valence-corrected chi connectivity index (χ2v) is 2.57. The molecule has 0 atom stereocenters. The molecule has 0 unspecified atom stereocenters. The Morgan fingerprint density at radius 3 is 1.80 bits per heavy atom. The van der Waals surface area contributed by atoms with Crippen LogP contribution >= 0.6 is 0 Å². The maximum absolute atomic E-state index is 9.62. The minimum Gasteiger partial charge on any atom is -0.480 e. The van der Waals surface area contributed by atoms with Gasteiger partial charge in [-0.25, -0.2) is 0 Å². The summed E-state index contributed by atoms with van der Waals surface area (Å²) in [6.45, 7) is 0. The van der Waals surface area contributed by atoms with E-state index in [0.717, 1.165) is 0 Å². The first-order chi connectivity index (χ1) is 4.42. The van der Waals surface area contributed by atoms with Gasteiger partial charge in [-0.05, 0) is 7.05 Å². The van der Waals surface area contributed by atoms with Crippen molar-refractivity contribution in [3.63, 3.8) is 0 Å². The SMILES string of the molecule is CN.O=C(O)CS(=O)(=O)O. The van der Waals surface area contributed by atoms with Crippen molar-refractivity contribution in [3.8, 4) is 0 Å². The van der Waals surface area contributed by atoms with Crippen LogP contribution in [0.1, 0.15) is 0 Å². The second-order valence-electron chi connectivity index (χ2n) is 1.12. The molecule has 0 amide bonds. The third kappa shape index (κ3) is 15.7. The molecular formula is C3H9NO5S. The monoisotopic (exact) mass is 171 g/mol. The van der Waals surface area contributed by atoms with Crippen molar-refractivity contribution in [1.82, 2.24) is 0 Å². The molecule has 0 bridgehead atoms. The molecule has 0 heterocycles. The summed E-state index contributed by atoms with van der Waals surface area (Å²) >= 11 is 0. The van der Waals surface area contributed by atoms with E-state index >= 15 is 0 Å². The summed E-state index contributed by atoms with van der Waals surface area (Å²) in [7, 11) is -2.82. The second kappa shape index (κ2) is 5.15. The van der Waals surface area contributed by atoms with Gasteiger partial charge in [0.15, 0.2) is 5.75 Å². The molecule has 6 nitrogen and oxygen atoms in total. The number of carbonyl (C=O) groups is 1. The molecule has 10 heavy (non-hydrogen) atoms. The van der Waals surface area contributed by atoms with Gasteiger partial charge in [0, 0.05) is 0 Å². The Bertz CT molecular complexity index is 183. The number of hydrogen-bond acceptors (Lipinski definition) is 4. The first kappa shape index (κ1) is 12.1. The smallest absolute Gasteiger partial charge is 0.321 e. The summed E-state index contributed by atoms with van der Waals surface area (Å²) in [6.07, 6.45) is 0. The fourth-order valence-electron chi connectivity index (χ4n) is 0.156. The van der Waals surface area contributed by atoms with Crippen molar-refractivity contribution in [3.05, 3.63) is 0 Å². The first-order valence-electron chi connectivity index (χ1n) is 2.16. The van der Waals surface area contributed by atoms with Gasteiger partial charge in [-0.3, -0.25) is 9.35 Å². The average molecular weight is 171 g/mol. The number of carboxylic acid groups (broad SMARTS) is 1. The predicted molar refractivity (Wildman–Crippen MR) is 34.2 cm³/mol. The van der Waals surface area contributed by atoms with Crippen LogP contribution in [0.3, 0.4) is 0 Å². The average Bonchev–Trinajstić information content (AvgIpc) is 1.64. The van der Waals surface area contributed by atoms with E-state index in [2.05, 4.69) is 5.73 Å². The van der Waals surface area contributed by atoms with Crippen LogP contribution in [0.15, 0.2) is 0 Å². The summed E-state index contributed by atoms with van der Waals surface area (Å²) in [5.41, 5.74) is 4.50. The number of carboxylic acids is 1. The van der Waals surface area contributed by atoms with Crippen LogP contribution in [0, 0.1) is 0 Å². The Labute approximate surface area is 58.4 Å². The van der Waals surface area contributed by atoms with Crippen molar-refractivity contribution >= 4 is 16.1 Å². The summed E-state index contributed by atoms with van der Waals surface area (Å²) in [5, 5.41) is 7.71. The lowest BCUT2D eigenvalue weighted by Crippen LogP contribution is -2.13. The topological polar surface area (TPSA) is 118 Å². The van der Waals surface area contributed by atoms with Crippen molar-refractivity contribution in [2.45, 2.75) is 0 Å². The van der Waals surface area contributed by atoms with Gasteiger partial charge in [0.2, 0.25) is 0 Å². The van der Waals surface area contributed by atoms with E-state index in [-0.39, 0.29) is 0 Å². The fourth-order valence-corrected chi connectivity index (χ4v) is 0.468. The number of rotatable bonds is 2. The van der Waals surface area contributed by atoms with E-state index in [4.69, 9.17) is 9.66 Å². The van der Waals surface area contributed by atoms with Gasteiger partial charge in [0.05, 0.1) is 0 Å². The zero-order valence-electron chi connectivity index (χ0n) is 5.31. The Hall–Kier alpha value is -0.660. The fraction of sp³-hybridized carbons (Fsp3) is 0.667. The molecule has 0 aliphatic rings. The van der Waals surface area contributed by atoms with Crippen molar-refractivity contribution in [2.24, 2.45) is 5.73 Å². The summed E-state index contributed by atoms with van der Waals surface area (Å²) in [6, 6.07) is 0. The Kier molecular flexibility index (Phi) is 6.21. The normalized spacial score (nSPS) is 9.50. The van der Waals surface area contributed by atoms with Crippen molar-refractivity contribution in [2.75, 3.05) is 12.8 Å². The van der Waals surface area contributed by atoms with Gasteiger partial charge in [0.25, 0.3) is 10.1 Å². The van der Waals surface area contributed by atoms with Gasteiger partial charge in [-0.2, -0.15) is 8.42 Å². The Morgan fingerprint density at radius 1 is 1.50 bits per heavy atom. The van der Waals surface area contributed by atoms with Crippen molar-refractivity contribution < 1.29 is 22.9 Å². The van der Waals surface area contributed by atoms with Gasteiger partial charge in [0.1, 0.15) is 0 Å². The molecule has 4 N–H and O–H groups in total. The van der Waals surface area contributed by atoms with Gasteiger partial charge < -0.3 is 10.8 Å². The number of nitrogens with two attached hydrogens (primary N) is 1. The zero-order chi connectivity index (χ0) is 8.78. The van der Waals surface area contributed by atoms with E-state index in [0.29, 0.717) is 0 Å². The third-order valence-electron chi connectivity index (χ3n) is 0.306. The maximum Gasteiger partial charge on any atom is 0.321 e. The number of hydrogen-bond donors (Lipinski definition) is 3. The molecule has 0 aromatic heterocycles. The molecule has 0 rings (SSSR count). The van der Waals surface area contributed by atoms with E-state index < -0.39 is 21.8 Å². The molecule has 0 fully saturated rings. The molecule has 0 aliphatic carbocycles. The van der Waals surface area contributed by atoms with Gasteiger partial charge in [-0.15, -0.1) is 0 Å². The molecule has 0 aromatic rings. The molecular weight excluding hydrogens is 162 g/mol. The highest BCUT2D eigenvalue weighted by atomic mass is 32.2. The lowest BCUT2D eigenvalue weighted by Gasteiger charge is -1.85. The molecule has 7 heteroatoms. The summed E-state index contributed by atoms with van der Waals surface area (Å²) in [5.74, 6) is -2.79. The van der Waals surface area contributed by atoms with Crippen LogP contribution in [0.2, 0.25) is 0 Å². The predicted octanol–water partition coefficient (Wildman–Crippen LogP) is -1.47. The lowest BCUT2D eigenvalue weighted by atomic mass is 10.8. The largest absolute Gasteiger partial charge is 0.480 e. The highest BCUT2D eigenvalue weighted by Crippen LogP contribution is 1.78. The Balaban J connectivity index is 0. The lowest BCUT2D eigenvalue weighted by molar-refractivity contribution is -0.134. The summed E-state index contributed by atoms with van der Waals surface area (Å²) < 4.78 is 27.0. The van der Waals surface area contributed by atoms with Gasteiger partial charge >= 0.3 is 5.97 Å². The number of aliphatic carboxylic acids is 1. The standard InChI is InChI=1S/C2H4O5S.CH5N/c3-2(4)1-8(5,6)7;1-2/h1H2,(H,3,4)(H,5,6,7);2H2,1H3. The molecule has 0 saturated carbocycles. The minimum absolute atomic E-state index is 1.23.